The van der Waals surface area contributed by atoms with E-state index in [0.29, 0.717) is 15.9 Å². The van der Waals surface area contributed by atoms with Crippen molar-refractivity contribution < 1.29 is 17.6 Å². The first-order valence-corrected chi connectivity index (χ1v) is 14.2. The van der Waals surface area contributed by atoms with Gasteiger partial charge in [0.1, 0.15) is 11.3 Å². The molecule has 8 heteroatoms. The van der Waals surface area contributed by atoms with Gasteiger partial charge in [-0.2, -0.15) is 0 Å². The Bertz CT molecular complexity index is 1560. The van der Waals surface area contributed by atoms with Crippen molar-refractivity contribution in [3.05, 3.63) is 92.8 Å². The molecule has 0 saturated heterocycles. The van der Waals surface area contributed by atoms with E-state index in [0.717, 1.165) is 46.2 Å². The summed E-state index contributed by atoms with van der Waals surface area (Å²) in [5, 5.41) is 0.991. The number of hydrogen-bond acceptors (Lipinski definition) is 5. The monoisotopic (exact) mass is 541 g/mol. The highest BCUT2D eigenvalue weighted by molar-refractivity contribution is 7.91. The molecule has 0 atom stereocenters. The second-order valence-electron chi connectivity index (χ2n) is 9.45. The zero-order chi connectivity index (χ0) is 25.7. The summed E-state index contributed by atoms with van der Waals surface area (Å²) in [4.78, 5) is 17.7. The van der Waals surface area contributed by atoms with Crippen LogP contribution in [-0.4, -0.2) is 24.9 Å². The molecule has 1 fully saturated rings. The van der Waals surface area contributed by atoms with Crippen molar-refractivity contribution in [1.29, 1.82) is 0 Å². The third-order valence-corrected chi connectivity index (χ3v) is 9.10. The SMILES string of the molecule is CCS(=O)(=O)c1ccc(CC(=O)Cc2cc(Cl)c(C3(c4nc5ccc(C)cc5o4)CC3)c(Cl)c2)cc1. The van der Waals surface area contributed by atoms with E-state index < -0.39 is 15.3 Å². The van der Waals surface area contributed by atoms with Crippen molar-refractivity contribution in [2.45, 2.75) is 49.8 Å². The molecule has 0 N–H and O–H groups in total. The molecule has 4 aromatic rings. The highest BCUT2D eigenvalue weighted by Crippen LogP contribution is 2.57. The summed E-state index contributed by atoms with van der Waals surface area (Å²) in [7, 11) is -3.27. The quantitative estimate of drug-likeness (QED) is 0.249. The molecule has 5 nitrogen and oxygen atoms in total. The van der Waals surface area contributed by atoms with Gasteiger partial charge in [-0.25, -0.2) is 13.4 Å². The summed E-state index contributed by atoms with van der Waals surface area (Å²) in [6.45, 7) is 3.61. The van der Waals surface area contributed by atoms with E-state index in [-0.39, 0.29) is 29.3 Å². The minimum atomic E-state index is -3.27. The number of rotatable bonds is 8. The molecule has 1 aromatic heterocycles. The molecule has 0 bridgehead atoms. The lowest BCUT2D eigenvalue weighted by atomic mass is 9.93. The van der Waals surface area contributed by atoms with Crippen molar-refractivity contribution in [2.24, 2.45) is 0 Å². The first-order valence-electron chi connectivity index (χ1n) is 11.8. The number of benzene rings is 3. The van der Waals surface area contributed by atoms with E-state index in [4.69, 9.17) is 32.6 Å². The van der Waals surface area contributed by atoms with E-state index in [1.165, 1.54) is 0 Å². The van der Waals surface area contributed by atoms with Gasteiger partial charge in [0.25, 0.3) is 0 Å². The third-order valence-electron chi connectivity index (χ3n) is 6.75. The molecule has 1 aliphatic rings. The molecular formula is C28H25Cl2NO4S. The van der Waals surface area contributed by atoms with Crippen LogP contribution in [0.1, 0.15) is 47.9 Å². The lowest BCUT2D eigenvalue weighted by molar-refractivity contribution is -0.117. The number of oxazole rings is 1. The van der Waals surface area contributed by atoms with Gasteiger partial charge < -0.3 is 4.42 Å². The minimum Gasteiger partial charge on any atom is -0.440 e. The van der Waals surface area contributed by atoms with Crippen LogP contribution in [0.3, 0.4) is 0 Å². The van der Waals surface area contributed by atoms with Gasteiger partial charge in [0.05, 0.1) is 16.1 Å². The van der Waals surface area contributed by atoms with Crippen molar-refractivity contribution >= 4 is 49.9 Å². The van der Waals surface area contributed by atoms with Crippen LogP contribution in [0.4, 0.5) is 0 Å². The van der Waals surface area contributed by atoms with Crippen molar-refractivity contribution in [2.75, 3.05) is 5.75 Å². The number of carbonyl (C=O) groups is 1. The maximum Gasteiger partial charge on any atom is 0.206 e. The topological polar surface area (TPSA) is 77.2 Å². The Morgan fingerprint density at radius 1 is 0.972 bits per heavy atom. The fourth-order valence-corrected chi connectivity index (χ4v) is 6.39. The van der Waals surface area contributed by atoms with Crippen LogP contribution in [-0.2, 0) is 32.9 Å². The van der Waals surface area contributed by atoms with Crippen molar-refractivity contribution in [1.82, 2.24) is 4.98 Å². The Labute approximate surface area is 220 Å². The average Bonchev–Trinajstić information content (AvgIpc) is 3.50. The van der Waals surface area contributed by atoms with Crippen LogP contribution >= 0.6 is 23.2 Å². The maximum absolute atomic E-state index is 12.8. The number of sulfone groups is 1. The summed E-state index contributed by atoms with van der Waals surface area (Å²) in [5.41, 5.74) is 4.47. The number of aryl methyl sites for hydroxylation is 1. The Hall–Kier alpha value is -2.67. The number of Topliss-reactive ketones (excluding diaryl/α,β-unsaturated/α-hetero) is 1. The van der Waals surface area contributed by atoms with Gasteiger partial charge in [-0.15, -0.1) is 0 Å². The summed E-state index contributed by atoms with van der Waals surface area (Å²) in [6, 6.07) is 16.0. The summed E-state index contributed by atoms with van der Waals surface area (Å²) in [6.07, 6.45) is 2.03. The molecule has 1 saturated carbocycles. The molecule has 0 radical (unpaired) electrons. The van der Waals surface area contributed by atoms with Crippen LogP contribution in [0.5, 0.6) is 0 Å². The van der Waals surface area contributed by atoms with E-state index in [1.54, 1.807) is 43.3 Å². The molecule has 36 heavy (non-hydrogen) atoms. The molecule has 3 aromatic carbocycles. The molecule has 0 aliphatic heterocycles. The van der Waals surface area contributed by atoms with Crippen molar-refractivity contribution in [3.8, 4) is 0 Å². The van der Waals surface area contributed by atoms with Crippen LogP contribution in [0.15, 0.2) is 63.9 Å². The van der Waals surface area contributed by atoms with Gasteiger partial charge in [0.15, 0.2) is 15.4 Å². The number of nitrogens with zero attached hydrogens (tertiary/aromatic N) is 1. The minimum absolute atomic E-state index is 0.0172. The summed E-state index contributed by atoms with van der Waals surface area (Å²) >= 11 is 13.5. The van der Waals surface area contributed by atoms with Crippen LogP contribution in [0.25, 0.3) is 11.1 Å². The van der Waals surface area contributed by atoms with Crippen LogP contribution in [0, 0.1) is 6.92 Å². The molecular weight excluding hydrogens is 517 g/mol. The second-order valence-corrected chi connectivity index (χ2v) is 12.5. The number of fused-ring (bicyclic) bond motifs is 1. The number of halogens is 2. The first-order chi connectivity index (χ1) is 17.1. The lowest BCUT2D eigenvalue weighted by Crippen LogP contribution is -2.12. The molecule has 0 amide bonds. The van der Waals surface area contributed by atoms with Gasteiger partial charge in [-0.1, -0.05) is 48.3 Å². The van der Waals surface area contributed by atoms with E-state index in [1.807, 2.05) is 25.1 Å². The smallest absolute Gasteiger partial charge is 0.206 e. The third kappa shape index (κ3) is 4.70. The molecule has 0 spiro atoms. The Morgan fingerprint density at radius 3 is 2.22 bits per heavy atom. The predicted octanol–water partition coefficient (Wildman–Crippen LogP) is 6.67. The fourth-order valence-electron chi connectivity index (χ4n) is 4.62. The van der Waals surface area contributed by atoms with E-state index in [2.05, 4.69) is 0 Å². The summed E-state index contributed by atoms with van der Waals surface area (Å²) < 4.78 is 30.1. The fraction of sp³-hybridized carbons (Fsp3) is 0.286. The Morgan fingerprint density at radius 2 is 1.61 bits per heavy atom. The number of carbonyl (C=O) groups excluding carboxylic acids is 1. The van der Waals surface area contributed by atoms with E-state index >= 15 is 0 Å². The van der Waals surface area contributed by atoms with E-state index in [9.17, 15) is 13.2 Å². The standard InChI is InChI=1S/C28H25Cl2NO4S/c1-3-36(33,34)21-7-5-18(6-8-21)13-20(32)14-19-15-22(29)26(23(30)16-19)28(10-11-28)27-31-24-9-4-17(2)12-25(24)35-27/h4-9,12,15-16H,3,10-11,13-14H2,1-2H3. The average molecular weight is 542 g/mol. The van der Waals surface area contributed by atoms with Crippen LogP contribution < -0.4 is 0 Å². The normalized spacial score (nSPS) is 14.8. The second kappa shape index (κ2) is 9.33. The highest BCUT2D eigenvalue weighted by Gasteiger charge is 2.52. The Balaban J connectivity index is 1.34. The lowest BCUT2D eigenvalue weighted by Gasteiger charge is -2.17. The zero-order valence-corrected chi connectivity index (χ0v) is 22.3. The maximum atomic E-state index is 12.8. The zero-order valence-electron chi connectivity index (χ0n) is 20.0. The predicted molar refractivity (Wildman–Crippen MR) is 142 cm³/mol. The number of ketones is 1. The molecule has 1 aliphatic carbocycles. The van der Waals surface area contributed by atoms with Gasteiger partial charge in [0, 0.05) is 28.5 Å². The van der Waals surface area contributed by atoms with Gasteiger partial charge in [-0.3, -0.25) is 4.79 Å². The molecule has 0 unspecified atom stereocenters. The Kier molecular flexibility index (Phi) is 6.48. The van der Waals surface area contributed by atoms with Gasteiger partial charge >= 0.3 is 0 Å². The summed E-state index contributed by atoms with van der Waals surface area (Å²) in [5.74, 6) is 0.636. The molecule has 5 rings (SSSR count). The first kappa shape index (κ1) is 25.0. The van der Waals surface area contributed by atoms with Gasteiger partial charge in [-0.05, 0) is 72.9 Å². The highest BCUT2D eigenvalue weighted by atomic mass is 35.5. The van der Waals surface area contributed by atoms with Gasteiger partial charge in [0.2, 0.25) is 5.89 Å². The van der Waals surface area contributed by atoms with Crippen LogP contribution in [0.2, 0.25) is 10.0 Å². The number of aromatic nitrogens is 1. The van der Waals surface area contributed by atoms with Crippen molar-refractivity contribution in [3.63, 3.8) is 0 Å². The largest absolute Gasteiger partial charge is 0.440 e. The molecule has 186 valence electrons. The number of hydrogen-bond donors (Lipinski definition) is 0. The molecule has 1 heterocycles.